The SMILES string of the molecule is C=Cc1cccc(Cc2cc(C)cc(C)c2)c1/C=C\C.CC.CC.CCC.Cc1ccc2c(c1)C(C)(C)c1cc(C)c3ccccc3c1-2.Cc1ccccc1-c1c(C)cccc1C(C)c1ccc2sc3ccccc3c2c1. The largest absolute Gasteiger partial charge is 0.135 e. The molecule has 1 heterocycles. The molecule has 1 aliphatic rings. The molecule has 77 heavy (non-hydrogen) atoms. The lowest BCUT2D eigenvalue weighted by molar-refractivity contribution is 0.659. The molecule has 0 spiro atoms. The van der Waals surface area contributed by atoms with Crippen LogP contribution < -0.4 is 0 Å². The summed E-state index contributed by atoms with van der Waals surface area (Å²) in [5, 5.41) is 5.51. The molecule has 0 bridgehead atoms. The number of benzene rings is 9. The van der Waals surface area contributed by atoms with E-state index < -0.39 is 0 Å². The van der Waals surface area contributed by atoms with Gasteiger partial charge in [-0.2, -0.15) is 0 Å². The van der Waals surface area contributed by atoms with Gasteiger partial charge in [-0.1, -0.05) is 262 Å². The van der Waals surface area contributed by atoms with Gasteiger partial charge in [0.2, 0.25) is 0 Å². The van der Waals surface area contributed by atoms with Crippen molar-refractivity contribution in [3.05, 3.63) is 260 Å². The third-order valence-electron chi connectivity index (χ3n) is 14.6. The molecule has 0 N–H and O–H groups in total. The minimum atomic E-state index is 0.0888. The lowest BCUT2D eigenvalue weighted by Gasteiger charge is -2.22. The molecule has 396 valence electrons. The highest BCUT2D eigenvalue weighted by molar-refractivity contribution is 7.25. The van der Waals surface area contributed by atoms with Crippen LogP contribution in [0, 0.1) is 41.5 Å². The highest BCUT2D eigenvalue weighted by atomic mass is 32.1. The van der Waals surface area contributed by atoms with E-state index in [4.69, 9.17) is 0 Å². The molecule has 0 aliphatic heterocycles. The van der Waals surface area contributed by atoms with Gasteiger partial charge < -0.3 is 0 Å². The Hall–Kier alpha value is -7.06. The summed E-state index contributed by atoms with van der Waals surface area (Å²) >= 11 is 1.88. The van der Waals surface area contributed by atoms with Gasteiger partial charge in [0, 0.05) is 31.5 Å². The minimum absolute atomic E-state index is 0.0888. The summed E-state index contributed by atoms with van der Waals surface area (Å²) in [5.41, 5.74) is 24.6. The van der Waals surface area contributed by atoms with Crippen molar-refractivity contribution in [1.29, 1.82) is 0 Å². The van der Waals surface area contributed by atoms with E-state index in [2.05, 4.69) is 272 Å². The van der Waals surface area contributed by atoms with E-state index in [0.29, 0.717) is 5.92 Å². The zero-order valence-electron chi connectivity index (χ0n) is 49.5. The fourth-order valence-corrected chi connectivity index (χ4v) is 12.2. The highest BCUT2D eigenvalue weighted by Gasteiger charge is 2.36. The summed E-state index contributed by atoms with van der Waals surface area (Å²) in [4.78, 5) is 0. The Morgan fingerprint density at radius 1 is 0.519 bits per heavy atom. The third kappa shape index (κ3) is 13.2. The normalized spacial score (nSPS) is 12.1. The summed E-state index contributed by atoms with van der Waals surface area (Å²) in [5.74, 6) is 0.326. The predicted octanol–water partition coefficient (Wildman–Crippen LogP) is 23.3. The van der Waals surface area contributed by atoms with Crippen molar-refractivity contribution in [1.82, 2.24) is 0 Å². The van der Waals surface area contributed by atoms with Gasteiger partial charge in [0.25, 0.3) is 0 Å². The summed E-state index contributed by atoms with van der Waals surface area (Å²) in [7, 11) is 0. The Morgan fingerprint density at radius 2 is 1.13 bits per heavy atom. The first kappa shape index (κ1) is 59.2. The maximum absolute atomic E-state index is 3.92. The molecule has 1 unspecified atom stereocenters. The number of rotatable bonds is 7. The van der Waals surface area contributed by atoms with E-state index >= 15 is 0 Å². The topological polar surface area (TPSA) is 0 Å². The van der Waals surface area contributed by atoms with Crippen LogP contribution in [-0.2, 0) is 11.8 Å². The van der Waals surface area contributed by atoms with Crippen LogP contribution in [0.4, 0.5) is 0 Å². The van der Waals surface area contributed by atoms with Gasteiger partial charge in [-0.05, 0) is 167 Å². The van der Waals surface area contributed by atoms with Crippen molar-refractivity contribution >= 4 is 54.4 Å². The maximum atomic E-state index is 3.92. The van der Waals surface area contributed by atoms with Crippen molar-refractivity contribution in [2.24, 2.45) is 0 Å². The van der Waals surface area contributed by atoms with Gasteiger partial charge in [0.1, 0.15) is 0 Å². The Bertz CT molecular complexity index is 3600. The first-order chi connectivity index (χ1) is 37.2. The molecular weight excluding hydrogens is 945 g/mol. The number of thiophene rings is 1. The molecule has 0 fully saturated rings. The number of allylic oxidation sites excluding steroid dienone is 1. The first-order valence-corrected chi connectivity index (χ1v) is 29.2. The molecule has 1 heteroatoms. The van der Waals surface area contributed by atoms with Gasteiger partial charge >= 0.3 is 0 Å². The van der Waals surface area contributed by atoms with Crippen LogP contribution in [0.25, 0.3) is 65.4 Å². The van der Waals surface area contributed by atoms with Crippen LogP contribution in [0.2, 0.25) is 0 Å². The third-order valence-corrected chi connectivity index (χ3v) is 15.7. The maximum Gasteiger partial charge on any atom is 0.0355 e. The Morgan fingerprint density at radius 3 is 1.81 bits per heavy atom. The average molecular weight is 1030 g/mol. The van der Waals surface area contributed by atoms with Gasteiger partial charge in [0.15, 0.2) is 0 Å². The van der Waals surface area contributed by atoms with Crippen LogP contribution in [0.15, 0.2) is 183 Å². The summed E-state index contributed by atoms with van der Waals surface area (Å²) in [6.07, 6.45) is 8.41. The molecule has 0 radical (unpaired) electrons. The van der Waals surface area contributed by atoms with Crippen molar-refractivity contribution in [3.63, 3.8) is 0 Å². The standard InChI is InChI=1S/C28H24S.C21H20.C20H22.C3H8.2C2H6/c1-18-9-4-5-11-22(18)28-19(2)10-8-13-23(28)20(3)21-15-16-27-25(17-21)24-12-6-7-14-26(24)29-27;1-13-9-10-17-18(11-13)21(3,4)19-12-14(2)15-7-5-6-8-16(15)20(17)19;1-5-8-20-18(6-2)9-7-10-19(20)14-17-12-15(3)11-16(4)13-17;1-3-2;2*1-2/h4-17,20H,1-3H3;5-12H,1-4H3;5-13H,2,14H2,1,3-4H3;3H2,1-2H3;2*1-2H3/b;;8-5-;;;. The van der Waals surface area contributed by atoms with Crippen molar-refractivity contribution in [2.75, 3.05) is 0 Å². The summed E-state index contributed by atoms with van der Waals surface area (Å²) < 4.78 is 2.73. The van der Waals surface area contributed by atoms with Crippen LogP contribution in [-0.4, -0.2) is 0 Å². The van der Waals surface area contributed by atoms with Gasteiger partial charge in [-0.15, -0.1) is 11.3 Å². The average Bonchev–Trinajstić information content (AvgIpc) is 3.99. The molecule has 0 saturated heterocycles. The lowest BCUT2D eigenvalue weighted by atomic mass is 9.81. The van der Waals surface area contributed by atoms with Crippen LogP contribution in [0.1, 0.15) is 159 Å². The molecule has 10 aromatic rings. The monoisotopic (exact) mass is 1030 g/mol. The van der Waals surface area contributed by atoms with Crippen LogP contribution in [0.3, 0.4) is 0 Å². The molecule has 0 amide bonds. The fraction of sp³-hybridized carbons (Fsp3) is 0.263. The van der Waals surface area contributed by atoms with Gasteiger partial charge in [0.05, 0.1) is 0 Å². The highest BCUT2D eigenvalue weighted by Crippen LogP contribution is 2.52. The Kier molecular flexibility index (Phi) is 21.0. The number of aryl methyl sites for hydroxylation is 6. The van der Waals surface area contributed by atoms with Crippen molar-refractivity contribution in [2.45, 2.75) is 135 Å². The zero-order chi connectivity index (χ0) is 56.0. The van der Waals surface area contributed by atoms with Crippen LogP contribution >= 0.6 is 11.3 Å². The molecular formula is C76H86S. The predicted molar refractivity (Wildman–Crippen MR) is 348 cm³/mol. The van der Waals surface area contributed by atoms with Crippen molar-refractivity contribution < 1.29 is 0 Å². The Labute approximate surface area is 469 Å². The van der Waals surface area contributed by atoms with Crippen LogP contribution in [0.5, 0.6) is 0 Å². The zero-order valence-corrected chi connectivity index (χ0v) is 50.3. The van der Waals surface area contributed by atoms with E-state index in [9.17, 15) is 0 Å². The van der Waals surface area contributed by atoms with E-state index in [1.165, 1.54) is 138 Å². The summed E-state index contributed by atoms with van der Waals surface area (Å²) in [6.45, 7) is 38.4. The molecule has 1 atom stereocenters. The quantitative estimate of drug-likeness (QED) is 0.149. The fourth-order valence-electron chi connectivity index (χ4n) is 11.1. The van der Waals surface area contributed by atoms with Crippen molar-refractivity contribution in [3.8, 4) is 22.3 Å². The molecule has 1 aliphatic carbocycles. The van der Waals surface area contributed by atoms with E-state index in [1.54, 1.807) is 0 Å². The number of hydrogen-bond acceptors (Lipinski definition) is 1. The second-order valence-electron chi connectivity index (χ2n) is 20.8. The van der Waals surface area contributed by atoms with Gasteiger partial charge in [-0.3, -0.25) is 0 Å². The second kappa shape index (κ2) is 27.3. The van der Waals surface area contributed by atoms with Gasteiger partial charge in [-0.25, -0.2) is 0 Å². The smallest absolute Gasteiger partial charge is 0.0355 e. The molecule has 9 aromatic carbocycles. The molecule has 0 saturated carbocycles. The Balaban J connectivity index is 0.000000180. The summed E-state index contributed by atoms with van der Waals surface area (Å²) in [6, 6.07) is 62.5. The molecule has 11 rings (SSSR count). The minimum Gasteiger partial charge on any atom is -0.135 e. The second-order valence-corrected chi connectivity index (χ2v) is 21.9. The number of hydrogen-bond donors (Lipinski definition) is 0. The molecule has 1 aromatic heterocycles. The molecule has 0 nitrogen and oxygen atoms in total. The lowest BCUT2D eigenvalue weighted by Crippen LogP contribution is -2.15. The first-order valence-electron chi connectivity index (χ1n) is 28.3. The number of fused-ring (bicyclic) bond motifs is 8. The van der Waals surface area contributed by atoms with E-state index in [1.807, 2.05) is 45.1 Å². The van der Waals surface area contributed by atoms with E-state index in [0.717, 1.165) is 6.42 Å². The van der Waals surface area contributed by atoms with E-state index in [-0.39, 0.29) is 5.41 Å².